The molecule has 0 aliphatic rings. The second-order valence-electron chi connectivity index (χ2n) is 5.65. The van der Waals surface area contributed by atoms with Crippen LogP contribution in [-0.4, -0.2) is 0 Å². The van der Waals surface area contributed by atoms with E-state index >= 15 is 0 Å². The van der Waals surface area contributed by atoms with Gasteiger partial charge in [-0.2, -0.15) is 0 Å². The summed E-state index contributed by atoms with van der Waals surface area (Å²) < 4.78 is 0. The van der Waals surface area contributed by atoms with Crippen molar-refractivity contribution in [3.63, 3.8) is 0 Å². The molecule has 0 aromatic heterocycles. The Bertz CT molecular complexity index is 126. The lowest BCUT2D eigenvalue weighted by molar-refractivity contribution is 0.264. The predicted molar refractivity (Wildman–Crippen MR) is 71.2 cm³/mol. The lowest BCUT2D eigenvalue weighted by Crippen LogP contribution is -2.14. The van der Waals surface area contributed by atoms with Gasteiger partial charge in [0.25, 0.3) is 0 Å². The molecular formula is C15H32. The van der Waals surface area contributed by atoms with Gasteiger partial charge < -0.3 is 0 Å². The molecule has 0 amide bonds. The maximum Gasteiger partial charge on any atom is -0.0388 e. The molecule has 0 saturated heterocycles. The summed E-state index contributed by atoms with van der Waals surface area (Å²) in [6.07, 6.45) is 9.92. The largest absolute Gasteiger partial charge is 0.0654 e. The van der Waals surface area contributed by atoms with Gasteiger partial charge in [-0.1, -0.05) is 73.1 Å². The van der Waals surface area contributed by atoms with E-state index in [1.807, 2.05) is 0 Å². The van der Waals surface area contributed by atoms with Crippen LogP contribution >= 0.6 is 0 Å². The first-order chi connectivity index (χ1) is 7.11. The first-order valence-electron chi connectivity index (χ1n) is 7.11. The van der Waals surface area contributed by atoms with Gasteiger partial charge in [-0.15, -0.1) is 0 Å². The van der Waals surface area contributed by atoms with Crippen LogP contribution < -0.4 is 0 Å². The Balaban J connectivity index is 3.88. The molecule has 0 aromatic carbocycles. The van der Waals surface area contributed by atoms with Crippen LogP contribution in [0.4, 0.5) is 0 Å². The average molecular weight is 212 g/mol. The summed E-state index contributed by atoms with van der Waals surface area (Å²) in [5.74, 6) is 2.79. The molecule has 0 aromatic rings. The number of hydrogen-bond donors (Lipinski definition) is 0. The van der Waals surface area contributed by atoms with E-state index in [0.717, 1.165) is 17.8 Å². The fraction of sp³-hybridized carbons (Fsp3) is 1.00. The molecule has 0 spiro atoms. The van der Waals surface area contributed by atoms with Crippen LogP contribution in [0.3, 0.4) is 0 Å². The van der Waals surface area contributed by atoms with Crippen molar-refractivity contribution < 1.29 is 0 Å². The fourth-order valence-corrected chi connectivity index (χ4v) is 2.68. The van der Waals surface area contributed by atoms with Gasteiger partial charge in [0.2, 0.25) is 0 Å². The molecule has 0 N–H and O–H groups in total. The van der Waals surface area contributed by atoms with Gasteiger partial charge in [-0.25, -0.2) is 0 Å². The topological polar surface area (TPSA) is 0 Å². The van der Waals surface area contributed by atoms with Gasteiger partial charge in [-0.3, -0.25) is 0 Å². The van der Waals surface area contributed by atoms with E-state index in [1.54, 1.807) is 0 Å². The van der Waals surface area contributed by atoms with Crippen molar-refractivity contribution in [3.8, 4) is 0 Å². The van der Waals surface area contributed by atoms with Gasteiger partial charge in [0.15, 0.2) is 0 Å². The quantitative estimate of drug-likeness (QED) is 0.432. The van der Waals surface area contributed by atoms with Gasteiger partial charge >= 0.3 is 0 Å². The zero-order valence-corrected chi connectivity index (χ0v) is 11.7. The molecule has 0 saturated carbocycles. The first kappa shape index (κ1) is 15.0. The third-order valence-corrected chi connectivity index (χ3v) is 3.49. The maximum atomic E-state index is 2.46. The zero-order valence-electron chi connectivity index (χ0n) is 11.7. The fourth-order valence-electron chi connectivity index (χ4n) is 2.68. The second-order valence-corrected chi connectivity index (χ2v) is 5.65. The summed E-state index contributed by atoms with van der Waals surface area (Å²) in [5.41, 5.74) is 0. The van der Waals surface area contributed by atoms with Crippen molar-refractivity contribution in [2.45, 2.75) is 79.6 Å². The molecule has 0 heterocycles. The highest BCUT2D eigenvalue weighted by Crippen LogP contribution is 2.28. The summed E-state index contributed by atoms with van der Waals surface area (Å²) in [4.78, 5) is 0. The number of unbranched alkanes of at least 4 members (excludes halogenated alkanes) is 2. The van der Waals surface area contributed by atoms with Crippen LogP contribution in [0.25, 0.3) is 0 Å². The predicted octanol–water partition coefficient (Wildman–Crippen LogP) is 5.67. The van der Waals surface area contributed by atoms with Crippen molar-refractivity contribution in [2.24, 2.45) is 17.8 Å². The highest BCUT2D eigenvalue weighted by molar-refractivity contribution is 4.68. The summed E-state index contributed by atoms with van der Waals surface area (Å²) >= 11 is 0. The molecule has 15 heavy (non-hydrogen) atoms. The molecule has 0 rings (SSSR count). The van der Waals surface area contributed by atoms with E-state index in [4.69, 9.17) is 0 Å². The lowest BCUT2D eigenvalue weighted by Gasteiger charge is -2.25. The molecule has 0 nitrogen and oxygen atoms in total. The minimum absolute atomic E-state index is 0.866. The van der Waals surface area contributed by atoms with Crippen molar-refractivity contribution in [1.29, 1.82) is 0 Å². The van der Waals surface area contributed by atoms with E-state index in [0.29, 0.717) is 0 Å². The van der Waals surface area contributed by atoms with Gasteiger partial charge in [-0.05, 0) is 24.2 Å². The van der Waals surface area contributed by atoms with Gasteiger partial charge in [0, 0.05) is 0 Å². The molecule has 92 valence electrons. The Morgan fingerprint density at radius 3 is 1.93 bits per heavy atom. The van der Waals surface area contributed by atoms with Gasteiger partial charge in [0.05, 0.1) is 0 Å². The molecular weight excluding hydrogens is 180 g/mol. The highest BCUT2D eigenvalue weighted by Gasteiger charge is 2.16. The Hall–Kier alpha value is 0. The Labute approximate surface area is 97.8 Å². The van der Waals surface area contributed by atoms with Crippen molar-refractivity contribution in [2.75, 3.05) is 0 Å². The number of rotatable bonds is 9. The third-order valence-electron chi connectivity index (χ3n) is 3.49. The Morgan fingerprint density at radius 1 is 0.800 bits per heavy atom. The van der Waals surface area contributed by atoms with Crippen LogP contribution in [0.15, 0.2) is 0 Å². The minimum Gasteiger partial charge on any atom is -0.0654 e. The average Bonchev–Trinajstić information content (AvgIpc) is 2.15. The van der Waals surface area contributed by atoms with E-state index in [2.05, 4.69) is 34.6 Å². The third kappa shape index (κ3) is 7.88. The lowest BCUT2D eigenvalue weighted by atomic mass is 9.81. The van der Waals surface area contributed by atoms with E-state index in [9.17, 15) is 0 Å². The Morgan fingerprint density at radius 2 is 1.47 bits per heavy atom. The van der Waals surface area contributed by atoms with E-state index in [1.165, 1.54) is 44.9 Å². The molecule has 0 bridgehead atoms. The van der Waals surface area contributed by atoms with Crippen molar-refractivity contribution in [1.82, 2.24) is 0 Å². The van der Waals surface area contributed by atoms with Crippen molar-refractivity contribution in [3.05, 3.63) is 0 Å². The van der Waals surface area contributed by atoms with Crippen LogP contribution in [0.1, 0.15) is 79.6 Å². The molecule has 0 heteroatoms. The molecule has 2 atom stereocenters. The molecule has 2 unspecified atom stereocenters. The summed E-state index contributed by atoms with van der Waals surface area (Å²) in [5, 5.41) is 0. The first-order valence-corrected chi connectivity index (χ1v) is 7.11. The van der Waals surface area contributed by atoms with E-state index in [-0.39, 0.29) is 0 Å². The van der Waals surface area contributed by atoms with Crippen LogP contribution in [0, 0.1) is 17.8 Å². The number of hydrogen-bond acceptors (Lipinski definition) is 0. The molecule has 0 fully saturated rings. The second kappa shape index (κ2) is 9.24. The van der Waals surface area contributed by atoms with Crippen LogP contribution in [0.2, 0.25) is 0 Å². The molecule has 0 radical (unpaired) electrons. The zero-order chi connectivity index (χ0) is 11.7. The minimum atomic E-state index is 0.866. The van der Waals surface area contributed by atoms with Gasteiger partial charge in [0.1, 0.15) is 0 Å². The summed E-state index contributed by atoms with van der Waals surface area (Å²) in [6.45, 7) is 11.8. The van der Waals surface area contributed by atoms with Crippen LogP contribution in [-0.2, 0) is 0 Å². The van der Waals surface area contributed by atoms with Crippen LogP contribution in [0.5, 0.6) is 0 Å². The monoisotopic (exact) mass is 212 g/mol. The highest BCUT2D eigenvalue weighted by atomic mass is 14.2. The maximum absolute atomic E-state index is 2.46. The Kier molecular flexibility index (Phi) is 9.24. The summed E-state index contributed by atoms with van der Waals surface area (Å²) in [7, 11) is 0. The smallest absolute Gasteiger partial charge is 0.0388 e. The molecule has 0 aliphatic heterocycles. The standard InChI is InChI=1S/C15H32/c1-6-8-9-11-15(10-7-2)14(5)12-13(3)4/h13-15H,6-12H2,1-5H3. The van der Waals surface area contributed by atoms with Crippen molar-refractivity contribution >= 4 is 0 Å². The SMILES string of the molecule is CCCCCC(CCC)C(C)CC(C)C. The molecule has 0 aliphatic carbocycles. The summed E-state index contributed by atoms with van der Waals surface area (Å²) in [6, 6.07) is 0. The van der Waals surface area contributed by atoms with E-state index < -0.39 is 0 Å². The normalized spacial score (nSPS) is 15.6.